The zero-order chi connectivity index (χ0) is 33.8. The molecule has 49 heavy (non-hydrogen) atoms. The summed E-state index contributed by atoms with van der Waals surface area (Å²) in [7, 11) is -3.93. The summed E-state index contributed by atoms with van der Waals surface area (Å²) in [6.07, 6.45) is 1.42. The highest BCUT2D eigenvalue weighted by molar-refractivity contribution is 7.99. The molecule has 10 nitrogen and oxygen atoms in total. The Bertz CT molecular complexity index is 2010. The monoisotopic (exact) mass is 693 g/mol. The molecule has 0 saturated carbocycles. The lowest BCUT2D eigenvalue weighted by Gasteiger charge is -2.37. The Kier molecular flexibility index (Phi) is 9.48. The Morgan fingerprint density at radius 3 is 1.92 bits per heavy atom. The van der Waals surface area contributed by atoms with Crippen molar-refractivity contribution in [1.29, 1.82) is 0 Å². The molecule has 4 aromatic carbocycles. The van der Waals surface area contributed by atoms with Crippen LogP contribution in [0.25, 0.3) is 11.2 Å². The third-order valence-corrected chi connectivity index (χ3v) is 10.6. The fourth-order valence-electron chi connectivity index (χ4n) is 6.37. The van der Waals surface area contributed by atoms with Crippen molar-refractivity contribution in [2.24, 2.45) is 0 Å². The fourth-order valence-corrected chi connectivity index (χ4v) is 8.37. The number of nitrogens with zero attached hydrogens (tertiary/aromatic N) is 4. The Morgan fingerprint density at radius 1 is 0.816 bits per heavy atom. The SMILES string of the molecule is CS(=O)(=O)O[C@H]1[C@H](SCc2ccccc2)[C@@H](COC(c2ccccc2)(c2ccccc2)c2ccccc2)O[C@H]1n1cnc2c(N)ncnc21. The van der Waals surface area contributed by atoms with Gasteiger partial charge in [0.15, 0.2) is 17.7 Å². The highest BCUT2D eigenvalue weighted by Gasteiger charge is 2.50. The van der Waals surface area contributed by atoms with Crippen LogP contribution in [0.3, 0.4) is 0 Å². The van der Waals surface area contributed by atoms with Crippen molar-refractivity contribution in [1.82, 2.24) is 19.5 Å². The first-order valence-corrected chi connectivity index (χ1v) is 18.6. The molecule has 0 bridgehead atoms. The smallest absolute Gasteiger partial charge is 0.264 e. The first-order valence-electron chi connectivity index (χ1n) is 15.8. The number of imidazole rings is 1. The molecule has 2 aromatic heterocycles. The molecular formula is C37H35N5O5S2. The van der Waals surface area contributed by atoms with E-state index in [4.69, 9.17) is 19.4 Å². The average molecular weight is 694 g/mol. The van der Waals surface area contributed by atoms with Gasteiger partial charge in [0.05, 0.1) is 30.5 Å². The number of hydrogen-bond acceptors (Lipinski definition) is 10. The molecule has 12 heteroatoms. The Hall–Kier alpha value is -4.59. The van der Waals surface area contributed by atoms with Gasteiger partial charge in [0.1, 0.15) is 23.5 Å². The van der Waals surface area contributed by atoms with Crippen LogP contribution >= 0.6 is 11.8 Å². The van der Waals surface area contributed by atoms with E-state index in [-0.39, 0.29) is 12.4 Å². The van der Waals surface area contributed by atoms with E-state index in [1.807, 2.05) is 84.9 Å². The molecule has 0 radical (unpaired) electrons. The molecule has 2 N–H and O–H groups in total. The van der Waals surface area contributed by atoms with Crippen molar-refractivity contribution < 1.29 is 22.1 Å². The summed E-state index contributed by atoms with van der Waals surface area (Å²) in [4.78, 5) is 12.9. The highest BCUT2D eigenvalue weighted by Crippen LogP contribution is 2.45. The van der Waals surface area contributed by atoms with Crippen LogP contribution in [0.1, 0.15) is 28.5 Å². The van der Waals surface area contributed by atoms with E-state index in [2.05, 4.69) is 51.4 Å². The van der Waals surface area contributed by atoms with Gasteiger partial charge in [-0.15, -0.1) is 11.8 Å². The van der Waals surface area contributed by atoms with Gasteiger partial charge in [0, 0.05) is 5.75 Å². The number of nitrogens with two attached hydrogens (primary N) is 1. The summed E-state index contributed by atoms with van der Waals surface area (Å²) < 4.78 is 47.2. The van der Waals surface area contributed by atoms with E-state index in [0.29, 0.717) is 16.9 Å². The quantitative estimate of drug-likeness (QED) is 0.121. The second-order valence-electron chi connectivity index (χ2n) is 11.8. The molecule has 1 aliphatic heterocycles. The molecule has 7 rings (SSSR count). The first-order chi connectivity index (χ1) is 23.8. The molecule has 1 saturated heterocycles. The van der Waals surface area contributed by atoms with Crippen LogP contribution in [0.4, 0.5) is 5.82 Å². The third-order valence-electron chi connectivity index (χ3n) is 8.52. The van der Waals surface area contributed by atoms with Gasteiger partial charge in [-0.25, -0.2) is 15.0 Å². The molecule has 0 spiro atoms. The summed E-state index contributed by atoms with van der Waals surface area (Å²) >= 11 is 1.56. The second-order valence-corrected chi connectivity index (χ2v) is 14.5. The minimum atomic E-state index is -3.93. The number of nitrogen functional groups attached to an aromatic ring is 1. The van der Waals surface area contributed by atoms with Crippen molar-refractivity contribution in [2.45, 2.75) is 35.0 Å². The number of rotatable bonds is 12. The van der Waals surface area contributed by atoms with Crippen LogP contribution < -0.4 is 5.73 Å². The maximum Gasteiger partial charge on any atom is 0.264 e. The van der Waals surface area contributed by atoms with Crippen LogP contribution in [0.5, 0.6) is 0 Å². The molecule has 3 heterocycles. The average Bonchev–Trinajstić information content (AvgIpc) is 3.70. The van der Waals surface area contributed by atoms with E-state index >= 15 is 0 Å². The highest BCUT2D eigenvalue weighted by atomic mass is 32.2. The number of benzene rings is 4. The zero-order valence-electron chi connectivity index (χ0n) is 26.6. The number of thioether (sulfide) groups is 1. The number of anilines is 1. The van der Waals surface area contributed by atoms with Gasteiger partial charge in [-0.2, -0.15) is 8.42 Å². The van der Waals surface area contributed by atoms with Gasteiger partial charge >= 0.3 is 0 Å². The lowest BCUT2D eigenvalue weighted by molar-refractivity contribution is -0.0825. The van der Waals surface area contributed by atoms with Gasteiger partial charge in [0.2, 0.25) is 0 Å². The Morgan fingerprint density at radius 2 is 1.37 bits per heavy atom. The van der Waals surface area contributed by atoms with Gasteiger partial charge < -0.3 is 15.2 Å². The summed E-state index contributed by atoms with van der Waals surface area (Å²) in [5, 5.41) is -0.489. The summed E-state index contributed by atoms with van der Waals surface area (Å²) in [5.74, 6) is 0.790. The zero-order valence-corrected chi connectivity index (χ0v) is 28.3. The molecule has 4 atom stereocenters. The molecule has 6 aromatic rings. The van der Waals surface area contributed by atoms with Gasteiger partial charge in [-0.3, -0.25) is 8.75 Å². The predicted molar refractivity (Wildman–Crippen MR) is 190 cm³/mol. The third kappa shape index (κ3) is 6.83. The molecule has 1 aliphatic rings. The lowest BCUT2D eigenvalue weighted by Crippen LogP contribution is -2.39. The normalized spacial score (nSPS) is 19.7. The van der Waals surface area contributed by atoms with Crippen molar-refractivity contribution in [2.75, 3.05) is 18.6 Å². The standard InChI is InChI=1S/C37H35N5O5S2/c1-49(43,44)47-32-33(48-23-26-14-6-2-7-15-26)30(46-36(32)42-25-41-31-34(38)39-24-40-35(31)42)22-45-37(27-16-8-3-9-17-27,28-18-10-4-11-19-28)29-20-12-5-13-21-29/h2-21,24-25,30,32-33,36H,22-23H2,1H3,(H2,38,39,40)/t30-,32+,33-,36-/m1/s1. The Labute approximate surface area is 289 Å². The van der Waals surface area contributed by atoms with Crippen molar-refractivity contribution in [3.05, 3.63) is 156 Å². The maximum atomic E-state index is 12.8. The van der Waals surface area contributed by atoms with Crippen LogP contribution in [0.15, 0.2) is 134 Å². The fraction of sp³-hybridized carbons (Fsp3) is 0.216. The van der Waals surface area contributed by atoms with E-state index in [1.165, 1.54) is 12.7 Å². The number of aromatic nitrogens is 4. The number of hydrogen-bond donors (Lipinski definition) is 1. The summed E-state index contributed by atoms with van der Waals surface area (Å²) in [6, 6.07) is 40.2. The lowest BCUT2D eigenvalue weighted by atomic mass is 9.80. The van der Waals surface area contributed by atoms with Gasteiger partial charge in [0.25, 0.3) is 10.1 Å². The van der Waals surface area contributed by atoms with Crippen LogP contribution in [0, 0.1) is 0 Å². The molecular weight excluding hydrogens is 659 g/mol. The van der Waals surface area contributed by atoms with E-state index in [9.17, 15) is 8.42 Å². The maximum absolute atomic E-state index is 12.8. The van der Waals surface area contributed by atoms with Crippen LogP contribution in [-0.4, -0.2) is 58.3 Å². The van der Waals surface area contributed by atoms with E-state index in [0.717, 1.165) is 28.5 Å². The van der Waals surface area contributed by atoms with Gasteiger partial charge in [-0.05, 0) is 22.3 Å². The van der Waals surface area contributed by atoms with E-state index < -0.39 is 39.4 Å². The first kappa shape index (κ1) is 32.9. The van der Waals surface area contributed by atoms with Crippen molar-refractivity contribution in [3.8, 4) is 0 Å². The minimum absolute atomic E-state index is 0.0923. The number of ether oxygens (including phenoxy) is 2. The molecule has 1 fully saturated rings. The van der Waals surface area contributed by atoms with Crippen molar-refractivity contribution in [3.63, 3.8) is 0 Å². The summed E-state index contributed by atoms with van der Waals surface area (Å²) in [5.41, 5.74) is 9.77. The topological polar surface area (TPSA) is 131 Å². The molecule has 0 unspecified atom stereocenters. The Balaban J connectivity index is 1.33. The largest absolute Gasteiger partial charge is 0.382 e. The minimum Gasteiger partial charge on any atom is -0.382 e. The molecule has 250 valence electrons. The predicted octanol–water partition coefficient (Wildman–Crippen LogP) is 5.96. The summed E-state index contributed by atoms with van der Waals surface area (Å²) in [6.45, 7) is 0.0923. The molecule has 0 aliphatic carbocycles. The van der Waals surface area contributed by atoms with Crippen LogP contribution in [0.2, 0.25) is 0 Å². The molecule has 0 amide bonds. The van der Waals surface area contributed by atoms with E-state index in [1.54, 1.807) is 16.3 Å². The van der Waals surface area contributed by atoms with Gasteiger partial charge in [-0.1, -0.05) is 121 Å². The second kappa shape index (κ2) is 14.1. The van der Waals surface area contributed by atoms with Crippen molar-refractivity contribution >= 4 is 38.9 Å². The van der Waals surface area contributed by atoms with Crippen LogP contribution in [-0.2, 0) is 35.1 Å². The number of fused-ring (bicyclic) bond motifs is 1.